The van der Waals surface area contributed by atoms with E-state index in [9.17, 15) is 4.79 Å². The van der Waals surface area contributed by atoms with Crippen molar-refractivity contribution in [3.8, 4) is 0 Å². The third kappa shape index (κ3) is 5.47. The zero-order chi connectivity index (χ0) is 9.40. The molecule has 0 fully saturated rings. The lowest BCUT2D eigenvalue weighted by Gasteiger charge is -2.09. The smallest absolute Gasteiger partial charge is 0.316 e. The number of unbranched alkanes of at least 4 members (excludes halogenated alkanes) is 2. The quantitative estimate of drug-likeness (QED) is 0.627. The van der Waals surface area contributed by atoms with Gasteiger partial charge >= 0.3 is 5.97 Å². The third-order valence-corrected chi connectivity index (χ3v) is 2.89. The average molecular weight is 190 g/mol. The maximum atomic E-state index is 10.7. The topological polar surface area (TPSA) is 37.3 Å². The predicted molar refractivity (Wildman–Crippen MR) is 53.7 cm³/mol. The first-order valence-corrected chi connectivity index (χ1v) is 5.61. The summed E-state index contributed by atoms with van der Waals surface area (Å²) < 4.78 is 0. The molecule has 0 heterocycles. The van der Waals surface area contributed by atoms with Crippen LogP contribution in [0.2, 0.25) is 0 Å². The van der Waals surface area contributed by atoms with Crippen LogP contribution >= 0.6 is 11.8 Å². The second kappa shape index (κ2) is 7.47. The van der Waals surface area contributed by atoms with Crippen molar-refractivity contribution in [3.63, 3.8) is 0 Å². The van der Waals surface area contributed by atoms with Crippen molar-refractivity contribution in [2.24, 2.45) is 0 Å². The molecule has 1 unspecified atom stereocenters. The van der Waals surface area contributed by atoms with Gasteiger partial charge in [-0.2, -0.15) is 0 Å². The average Bonchev–Trinajstić information content (AvgIpc) is 2.03. The predicted octanol–water partition coefficient (Wildman–Crippen LogP) is 2.77. The number of aliphatic carboxylic acids is 1. The van der Waals surface area contributed by atoms with Crippen LogP contribution in [0, 0.1) is 0 Å². The summed E-state index contributed by atoms with van der Waals surface area (Å²) in [5, 5.41) is 8.60. The van der Waals surface area contributed by atoms with Gasteiger partial charge in [-0.1, -0.05) is 33.1 Å². The Bertz CT molecular complexity index is 126. The summed E-state index contributed by atoms with van der Waals surface area (Å²) in [6.07, 6.45) is 4.17. The minimum atomic E-state index is -0.655. The second-order valence-electron chi connectivity index (χ2n) is 2.78. The van der Waals surface area contributed by atoms with E-state index in [-0.39, 0.29) is 5.25 Å². The number of hydrogen-bond acceptors (Lipinski definition) is 2. The summed E-state index contributed by atoms with van der Waals surface area (Å²) in [6.45, 7) is 4.13. The molecule has 0 aliphatic rings. The van der Waals surface area contributed by atoms with Gasteiger partial charge in [0.05, 0.1) is 0 Å². The van der Waals surface area contributed by atoms with Crippen molar-refractivity contribution in [3.05, 3.63) is 0 Å². The maximum Gasteiger partial charge on any atom is 0.316 e. The summed E-state index contributed by atoms with van der Waals surface area (Å²) in [4.78, 5) is 10.7. The fourth-order valence-electron chi connectivity index (χ4n) is 1.06. The van der Waals surface area contributed by atoms with Gasteiger partial charge in [0.2, 0.25) is 0 Å². The molecule has 0 aliphatic heterocycles. The largest absolute Gasteiger partial charge is 0.480 e. The van der Waals surface area contributed by atoms with Gasteiger partial charge in [-0.05, 0) is 12.2 Å². The number of carboxylic acid groups (broad SMARTS) is 1. The zero-order valence-corrected chi connectivity index (χ0v) is 8.69. The summed E-state index contributed by atoms with van der Waals surface area (Å²) in [5.41, 5.74) is 0. The third-order valence-electron chi connectivity index (χ3n) is 1.71. The van der Waals surface area contributed by atoms with Crippen molar-refractivity contribution in [1.82, 2.24) is 0 Å². The van der Waals surface area contributed by atoms with Crippen molar-refractivity contribution in [2.45, 2.75) is 44.8 Å². The first kappa shape index (κ1) is 11.8. The molecule has 0 aromatic heterocycles. The molecule has 0 saturated heterocycles. The van der Waals surface area contributed by atoms with Crippen LogP contribution < -0.4 is 0 Å². The van der Waals surface area contributed by atoms with Crippen molar-refractivity contribution in [1.29, 1.82) is 0 Å². The van der Waals surface area contributed by atoms with E-state index in [1.807, 2.05) is 6.92 Å². The summed E-state index contributed by atoms with van der Waals surface area (Å²) in [7, 11) is 0. The van der Waals surface area contributed by atoms with Gasteiger partial charge in [0.15, 0.2) is 0 Å². The van der Waals surface area contributed by atoms with E-state index >= 15 is 0 Å². The Hall–Kier alpha value is -0.180. The number of rotatable bonds is 7. The lowest BCUT2D eigenvalue weighted by molar-refractivity contribution is -0.136. The Morgan fingerprint density at radius 1 is 1.42 bits per heavy atom. The van der Waals surface area contributed by atoms with Crippen LogP contribution in [-0.4, -0.2) is 22.1 Å². The van der Waals surface area contributed by atoms with E-state index in [1.54, 1.807) is 0 Å². The normalized spacial score (nSPS) is 12.8. The SMILES string of the molecule is CCCCCC(SCC)C(=O)O. The van der Waals surface area contributed by atoms with Gasteiger partial charge < -0.3 is 5.11 Å². The Balaban J connectivity index is 3.56. The van der Waals surface area contributed by atoms with Gasteiger partial charge in [-0.3, -0.25) is 4.79 Å². The highest BCUT2D eigenvalue weighted by Crippen LogP contribution is 2.17. The Morgan fingerprint density at radius 3 is 2.50 bits per heavy atom. The maximum absolute atomic E-state index is 10.7. The van der Waals surface area contributed by atoms with E-state index in [4.69, 9.17) is 5.11 Å². The molecule has 0 spiro atoms. The van der Waals surface area contributed by atoms with Crippen LogP contribution in [0.15, 0.2) is 0 Å². The highest BCUT2D eigenvalue weighted by atomic mass is 32.2. The highest BCUT2D eigenvalue weighted by molar-refractivity contribution is 8.00. The van der Waals surface area contributed by atoms with Gasteiger partial charge in [-0.25, -0.2) is 0 Å². The molecular formula is C9H18O2S. The number of thioether (sulfide) groups is 1. The van der Waals surface area contributed by atoms with Crippen LogP contribution in [0.25, 0.3) is 0 Å². The fourth-order valence-corrected chi connectivity index (χ4v) is 1.94. The lowest BCUT2D eigenvalue weighted by Crippen LogP contribution is -2.16. The summed E-state index contributed by atoms with van der Waals surface area (Å²) >= 11 is 1.54. The molecule has 0 bridgehead atoms. The summed E-state index contributed by atoms with van der Waals surface area (Å²) in [5.74, 6) is 0.237. The van der Waals surface area contributed by atoms with Gasteiger partial charge in [0, 0.05) is 0 Å². The molecule has 0 amide bonds. The second-order valence-corrected chi connectivity index (χ2v) is 4.26. The van der Waals surface area contributed by atoms with Crippen LogP contribution in [0.4, 0.5) is 0 Å². The molecule has 1 N–H and O–H groups in total. The Morgan fingerprint density at radius 2 is 2.08 bits per heavy atom. The molecule has 0 aromatic rings. The molecule has 12 heavy (non-hydrogen) atoms. The zero-order valence-electron chi connectivity index (χ0n) is 7.88. The molecular weight excluding hydrogens is 172 g/mol. The fraction of sp³-hybridized carbons (Fsp3) is 0.889. The van der Waals surface area contributed by atoms with E-state index in [2.05, 4.69) is 6.92 Å². The Labute approximate surface area is 78.7 Å². The Kier molecular flexibility index (Phi) is 7.36. The van der Waals surface area contributed by atoms with E-state index in [0.717, 1.165) is 31.4 Å². The van der Waals surface area contributed by atoms with Gasteiger partial charge in [0.1, 0.15) is 5.25 Å². The first-order valence-electron chi connectivity index (χ1n) is 4.56. The monoisotopic (exact) mass is 190 g/mol. The van der Waals surface area contributed by atoms with Crippen molar-refractivity contribution < 1.29 is 9.90 Å². The number of carboxylic acids is 1. The minimum absolute atomic E-state index is 0.179. The molecule has 2 nitrogen and oxygen atoms in total. The standard InChI is InChI=1S/C9H18O2S/c1-3-5-6-7-8(9(10)11)12-4-2/h8H,3-7H2,1-2H3,(H,10,11). The molecule has 0 aliphatic carbocycles. The molecule has 0 aromatic carbocycles. The van der Waals surface area contributed by atoms with Crippen molar-refractivity contribution >= 4 is 17.7 Å². The van der Waals surface area contributed by atoms with Crippen LogP contribution in [0.1, 0.15) is 39.5 Å². The van der Waals surface area contributed by atoms with Crippen LogP contribution in [0.3, 0.4) is 0 Å². The van der Waals surface area contributed by atoms with Gasteiger partial charge in [0.25, 0.3) is 0 Å². The molecule has 0 saturated carbocycles. The van der Waals surface area contributed by atoms with Gasteiger partial charge in [-0.15, -0.1) is 11.8 Å². The molecule has 0 rings (SSSR count). The molecule has 0 radical (unpaired) electrons. The van der Waals surface area contributed by atoms with E-state index in [1.165, 1.54) is 11.8 Å². The molecule has 72 valence electrons. The van der Waals surface area contributed by atoms with Crippen LogP contribution in [-0.2, 0) is 4.79 Å². The number of carbonyl (C=O) groups is 1. The molecule has 3 heteroatoms. The first-order chi connectivity index (χ1) is 5.72. The highest BCUT2D eigenvalue weighted by Gasteiger charge is 2.15. The van der Waals surface area contributed by atoms with E-state index in [0.29, 0.717) is 0 Å². The van der Waals surface area contributed by atoms with Crippen molar-refractivity contribution in [2.75, 3.05) is 5.75 Å². The number of hydrogen-bond donors (Lipinski definition) is 1. The van der Waals surface area contributed by atoms with E-state index < -0.39 is 5.97 Å². The lowest BCUT2D eigenvalue weighted by atomic mass is 10.1. The molecule has 1 atom stereocenters. The minimum Gasteiger partial charge on any atom is -0.480 e. The van der Waals surface area contributed by atoms with Crippen LogP contribution in [0.5, 0.6) is 0 Å². The summed E-state index contributed by atoms with van der Waals surface area (Å²) in [6, 6.07) is 0.